The molecule has 2 aromatic carbocycles. The summed E-state index contributed by atoms with van der Waals surface area (Å²) in [4.78, 5) is 27.3. The van der Waals surface area contributed by atoms with E-state index in [0.29, 0.717) is 5.75 Å². The third-order valence-corrected chi connectivity index (χ3v) is 6.73. The molecule has 6 nitrogen and oxygen atoms in total. The average Bonchev–Trinajstić information content (AvgIpc) is 2.84. The molecule has 1 saturated heterocycles. The molecule has 1 aromatic heterocycles. The lowest BCUT2D eigenvalue weighted by molar-refractivity contribution is -0.113. The van der Waals surface area contributed by atoms with Crippen molar-refractivity contribution >= 4 is 46.6 Å². The third kappa shape index (κ3) is 5.71. The lowest BCUT2D eigenvalue weighted by atomic mass is 10.2. The maximum atomic E-state index is 12.5. The second-order valence-electron chi connectivity index (χ2n) is 7.06. The van der Waals surface area contributed by atoms with Gasteiger partial charge in [0.25, 0.3) is 0 Å². The van der Waals surface area contributed by atoms with E-state index in [1.54, 1.807) is 24.2 Å². The summed E-state index contributed by atoms with van der Waals surface area (Å²) in [7, 11) is 0. The molecule has 31 heavy (non-hydrogen) atoms. The topological polar surface area (TPSA) is 61.4 Å². The Balaban J connectivity index is 1.35. The summed E-state index contributed by atoms with van der Waals surface area (Å²) in [6.45, 7) is 3.59. The van der Waals surface area contributed by atoms with Gasteiger partial charge in [0.15, 0.2) is 5.82 Å². The van der Waals surface area contributed by atoms with E-state index in [9.17, 15) is 4.79 Å². The van der Waals surface area contributed by atoms with E-state index in [4.69, 9.17) is 0 Å². The number of aromatic nitrogens is 2. The molecule has 1 fully saturated rings. The fourth-order valence-corrected chi connectivity index (χ4v) is 4.73. The van der Waals surface area contributed by atoms with Crippen LogP contribution in [0.2, 0.25) is 0 Å². The van der Waals surface area contributed by atoms with Crippen LogP contribution in [0.4, 0.5) is 17.2 Å². The molecule has 4 rings (SSSR count). The van der Waals surface area contributed by atoms with Gasteiger partial charge in [0.05, 0.1) is 5.75 Å². The predicted molar refractivity (Wildman–Crippen MR) is 130 cm³/mol. The standard InChI is InChI=1S/C23H25N5OS2/c1-30-20-9-5-6-18(16-20)26-21(29)17-31-23-22(24-10-11-25-23)28-14-12-27(13-15-28)19-7-3-2-4-8-19/h2-11,16H,12-15,17H2,1H3,(H,26,29). The highest BCUT2D eigenvalue weighted by Crippen LogP contribution is 2.28. The smallest absolute Gasteiger partial charge is 0.234 e. The lowest BCUT2D eigenvalue weighted by Crippen LogP contribution is -2.47. The number of thioether (sulfide) groups is 2. The predicted octanol–water partition coefficient (Wildman–Crippen LogP) is 4.26. The highest BCUT2D eigenvalue weighted by Gasteiger charge is 2.21. The molecule has 0 bridgehead atoms. The molecule has 0 spiro atoms. The first kappa shape index (κ1) is 21.5. The Morgan fingerprint density at radius 2 is 1.71 bits per heavy atom. The van der Waals surface area contributed by atoms with E-state index in [1.165, 1.54) is 17.4 Å². The van der Waals surface area contributed by atoms with E-state index in [0.717, 1.165) is 47.6 Å². The van der Waals surface area contributed by atoms with Crippen molar-refractivity contribution in [2.75, 3.05) is 53.3 Å². The van der Waals surface area contributed by atoms with Gasteiger partial charge in [-0.15, -0.1) is 11.8 Å². The van der Waals surface area contributed by atoms with Gasteiger partial charge >= 0.3 is 0 Å². The van der Waals surface area contributed by atoms with Crippen molar-refractivity contribution in [3.63, 3.8) is 0 Å². The van der Waals surface area contributed by atoms with Crippen molar-refractivity contribution in [3.05, 3.63) is 67.0 Å². The Bertz CT molecular complexity index is 1010. The number of anilines is 3. The largest absolute Gasteiger partial charge is 0.368 e. The van der Waals surface area contributed by atoms with E-state index in [-0.39, 0.29) is 5.91 Å². The van der Waals surface area contributed by atoms with Crippen molar-refractivity contribution in [1.29, 1.82) is 0 Å². The number of carbonyl (C=O) groups excluding carboxylic acids is 1. The van der Waals surface area contributed by atoms with E-state index in [2.05, 4.69) is 49.4 Å². The molecule has 1 amide bonds. The molecule has 0 atom stereocenters. The number of hydrogen-bond donors (Lipinski definition) is 1. The molecular formula is C23H25N5OS2. The minimum atomic E-state index is -0.0475. The molecule has 0 saturated carbocycles. The zero-order valence-electron chi connectivity index (χ0n) is 17.4. The molecule has 0 aliphatic carbocycles. The summed E-state index contributed by atoms with van der Waals surface area (Å²) in [5.41, 5.74) is 2.06. The summed E-state index contributed by atoms with van der Waals surface area (Å²) in [5, 5.41) is 3.76. The van der Waals surface area contributed by atoms with Gasteiger partial charge in [0.1, 0.15) is 5.03 Å². The van der Waals surface area contributed by atoms with Crippen LogP contribution in [0.3, 0.4) is 0 Å². The molecule has 3 aromatic rings. The Labute approximate surface area is 191 Å². The lowest BCUT2D eigenvalue weighted by Gasteiger charge is -2.37. The number of benzene rings is 2. The number of nitrogens with zero attached hydrogens (tertiary/aromatic N) is 4. The summed E-state index contributed by atoms with van der Waals surface area (Å²) in [6.07, 6.45) is 5.43. The molecule has 0 unspecified atom stereocenters. The van der Waals surface area contributed by atoms with Crippen LogP contribution < -0.4 is 15.1 Å². The van der Waals surface area contributed by atoms with Gasteiger partial charge in [-0.05, 0) is 36.6 Å². The first-order chi connectivity index (χ1) is 15.2. The Hall–Kier alpha value is -2.71. The van der Waals surface area contributed by atoms with Crippen LogP contribution in [0.15, 0.2) is 76.9 Å². The van der Waals surface area contributed by atoms with E-state index < -0.39 is 0 Å². The van der Waals surface area contributed by atoms with Crippen LogP contribution >= 0.6 is 23.5 Å². The van der Waals surface area contributed by atoms with Gasteiger partial charge in [0, 0.05) is 54.8 Å². The number of nitrogens with one attached hydrogen (secondary N) is 1. The number of hydrogen-bond acceptors (Lipinski definition) is 7. The van der Waals surface area contributed by atoms with Gasteiger partial charge < -0.3 is 15.1 Å². The Kier molecular flexibility index (Phi) is 7.32. The highest BCUT2D eigenvalue weighted by molar-refractivity contribution is 8.00. The maximum Gasteiger partial charge on any atom is 0.234 e. The van der Waals surface area contributed by atoms with Crippen molar-refractivity contribution in [1.82, 2.24) is 9.97 Å². The third-order valence-electron chi connectivity index (χ3n) is 5.04. The van der Waals surface area contributed by atoms with E-state index in [1.807, 2.05) is 36.6 Å². The zero-order valence-corrected chi connectivity index (χ0v) is 19.0. The summed E-state index contributed by atoms with van der Waals surface area (Å²) in [5.74, 6) is 1.10. The first-order valence-corrected chi connectivity index (χ1v) is 12.4. The Morgan fingerprint density at radius 3 is 2.48 bits per heavy atom. The number of rotatable bonds is 7. The minimum Gasteiger partial charge on any atom is -0.368 e. The molecule has 0 radical (unpaired) electrons. The maximum absolute atomic E-state index is 12.5. The van der Waals surface area contributed by atoms with Gasteiger partial charge in [-0.2, -0.15) is 0 Å². The van der Waals surface area contributed by atoms with Crippen LogP contribution in [-0.4, -0.2) is 54.1 Å². The van der Waals surface area contributed by atoms with Crippen LogP contribution in [0.25, 0.3) is 0 Å². The van der Waals surface area contributed by atoms with Crippen LogP contribution in [0, 0.1) is 0 Å². The SMILES string of the molecule is CSc1cccc(NC(=O)CSc2nccnc2N2CCN(c3ccccc3)CC2)c1. The van der Waals surface area contributed by atoms with Crippen molar-refractivity contribution in [2.24, 2.45) is 0 Å². The van der Waals surface area contributed by atoms with E-state index >= 15 is 0 Å². The Morgan fingerprint density at radius 1 is 0.968 bits per heavy atom. The second-order valence-corrected chi connectivity index (χ2v) is 8.91. The number of carbonyl (C=O) groups is 1. The van der Waals surface area contributed by atoms with Crippen molar-refractivity contribution in [2.45, 2.75) is 9.92 Å². The summed E-state index contributed by atoms with van der Waals surface area (Å²) >= 11 is 3.08. The highest BCUT2D eigenvalue weighted by atomic mass is 32.2. The number of amides is 1. The first-order valence-electron chi connectivity index (χ1n) is 10.2. The normalized spacial score (nSPS) is 13.8. The molecule has 8 heteroatoms. The van der Waals surface area contributed by atoms with Crippen LogP contribution in [0.5, 0.6) is 0 Å². The molecule has 1 aliphatic heterocycles. The van der Waals surface area contributed by atoms with Gasteiger partial charge in [-0.3, -0.25) is 4.79 Å². The molecular weight excluding hydrogens is 426 g/mol. The zero-order chi connectivity index (χ0) is 21.5. The summed E-state index contributed by atoms with van der Waals surface area (Å²) in [6, 6.07) is 18.3. The van der Waals surface area contributed by atoms with Crippen LogP contribution in [0.1, 0.15) is 0 Å². The fourth-order valence-electron chi connectivity index (χ4n) is 3.48. The van der Waals surface area contributed by atoms with Gasteiger partial charge in [-0.1, -0.05) is 36.0 Å². The monoisotopic (exact) mass is 451 g/mol. The number of piperazine rings is 1. The number of para-hydroxylation sites is 1. The van der Waals surface area contributed by atoms with Gasteiger partial charge in [-0.25, -0.2) is 9.97 Å². The molecule has 160 valence electrons. The molecule has 1 N–H and O–H groups in total. The van der Waals surface area contributed by atoms with Gasteiger partial charge in [0.2, 0.25) is 5.91 Å². The fraction of sp³-hybridized carbons (Fsp3) is 0.261. The minimum absolute atomic E-state index is 0.0475. The summed E-state index contributed by atoms with van der Waals surface area (Å²) < 4.78 is 0. The quantitative estimate of drug-likeness (QED) is 0.539. The average molecular weight is 452 g/mol. The van der Waals surface area contributed by atoms with Crippen molar-refractivity contribution in [3.8, 4) is 0 Å². The second kappa shape index (κ2) is 10.5. The van der Waals surface area contributed by atoms with Crippen molar-refractivity contribution < 1.29 is 4.79 Å². The van der Waals surface area contributed by atoms with Crippen LogP contribution in [-0.2, 0) is 4.79 Å². The molecule has 1 aliphatic rings. The molecule has 2 heterocycles.